The van der Waals surface area contributed by atoms with Gasteiger partial charge in [0.05, 0.1) is 15.0 Å². The average Bonchev–Trinajstić information content (AvgIpc) is 2.71. The molecule has 0 unspecified atom stereocenters. The molecule has 0 fully saturated rings. The van der Waals surface area contributed by atoms with Gasteiger partial charge in [-0.1, -0.05) is 65.7 Å². The van der Waals surface area contributed by atoms with Gasteiger partial charge in [-0.25, -0.2) is 0 Å². The van der Waals surface area contributed by atoms with Crippen LogP contribution in [0.15, 0.2) is 66.7 Å². The van der Waals surface area contributed by atoms with E-state index in [-0.39, 0.29) is 5.69 Å². The van der Waals surface area contributed by atoms with Crippen molar-refractivity contribution in [3.05, 3.63) is 109 Å². The van der Waals surface area contributed by atoms with Crippen molar-refractivity contribution in [3.63, 3.8) is 0 Å². The molecule has 0 aliphatic carbocycles. The van der Waals surface area contributed by atoms with Crippen LogP contribution in [0.5, 0.6) is 0 Å². The fourth-order valence-corrected chi connectivity index (χ4v) is 3.40. The number of nitro benzene ring substituents is 1. The first kappa shape index (κ1) is 21.3. The number of hydrogen-bond acceptors (Lipinski definition) is 4. The highest BCUT2D eigenvalue weighted by Gasteiger charge is 2.11. The van der Waals surface area contributed by atoms with Crippen LogP contribution in [-0.2, 0) is 26.2 Å². The molecule has 0 saturated heterocycles. The smallest absolute Gasteiger partial charge is 0.269 e. The largest absolute Gasteiger partial charge is 0.326 e. The number of rotatable bonds is 8. The summed E-state index contributed by atoms with van der Waals surface area (Å²) in [5.74, 6) is 0. The van der Waals surface area contributed by atoms with Gasteiger partial charge in [0.1, 0.15) is 0 Å². The molecule has 0 bridgehead atoms. The van der Waals surface area contributed by atoms with Crippen molar-refractivity contribution in [2.75, 3.05) is 0 Å². The summed E-state index contributed by atoms with van der Waals surface area (Å²) in [4.78, 5) is 12.7. The third kappa shape index (κ3) is 6.02. The Morgan fingerprint density at radius 2 is 1.24 bits per heavy atom. The minimum atomic E-state index is -0.393. The van der Waals surface area contributed by atoms with Crippen molar-refractivity contribution in [2.45, 2.75) is 26.2 Å². The summed E-state index contributed by atoms with van der Waals surface area (Å²) < 4.78 is 0. The minimum Gasteiger partial charge on any atom is -0.326 e. The Hall–Kier alpha value is -2.44. The Balaban J connectivity index is 1.80. The first-order valence-corrected chi connectivity index (χ1v) is 9.87. The molecule has 7 heteroatoms. The van der Waals surface area contributed by atoms with Crippen LogP contribution >= 0.6 is 23.2 Å². The van der Waals surface area contributed by atoms with Crippen molar-refractivity contribution in [1.29, 1.82) is 0 Å². The SMILES string of the molecule is NCc1ccc(CN(Cc2ccc([N+](=O)[O-])cc2)Cc2ccc(Cl)c(Cl)c2)cc1. The molecule has 0 atom stereocenters. The van der Waals surface area contributed by atoms with Gasteiger partial charge in [0.25, 0.3) is 5.69 Å². The number of nitrogens with two attached hydrogens (primary N) is 1. The van der Waals surface area contributed by atoms with Gasteiger partial charge in [-0.3, -0.25) is 15.0 Å². The van der Waals surface area contributed by atoms with Crippen LogP contribution < -0.4 is 5.73 Å². The van der Waals surface area contributed by atoms with E-state index in [1.54, 1.807) is 18.2 Å². The van der Waals surface area contributed by atoms with Crippen LogP contribution in [0.3, 0.4) is 0 Å². The van der Waals surface area contributed by atoms with Crippen molar-refractivity contribution in [1.82, 2.24) is 4.90 Å². The van der Waals surface area contributed by atoms with E-state index < -0.39 is 4.92 Å². The maximum atomic E-state index is 10.9. The second-order valence-electron chi connectivity index (χ2n) is 6.84. The normalized spacial score (nSPS) is 11.0. The quantitative estimate of drug-likeness (QED) is 0.375. The monoisotopic (exact) mass is 429 g/mol. The first-order chi connectivity index (χ1) is 13.9. The highest BCUT2D eigenvalue weighted by molar-refractivity contribution is 6.42. The van der Waals surface area contributed by atoms with E-state index in [0.29, 0.717) is 36.2 Å². The molecule has 29 heavy (non-hydrogen) atoms. The summed E-state index contributed by atoms with van der Waals surface area (Å²) in [6.45, 7) is 2.52. The Morgan fingerprint density at radius 3 is 1.76 bits per heavy atom. The van der Waals surface area contributed by atoms with Crippen LogP contribution in [0.2, 0.25) is 10.0 Å². The van der Waals surface area contributed by atoms with Crippen LogP contribution in [0.25, 0.3) is 0 Å². The van der Waals surface area contributed by atoms with E-state index in [4.69, 9.17) is 28.9 Å². The fourth-order valence-electron chi connectivity index (χ4n) is 3.08. The number of hydrogen-bond donors (Lipinski definition) is 1. The number of nitro groups is 1. The van der Waals surface area contributed by atoms with Gasteiger partial charge in [0.2, 0.25) is 0 Å². The Bertz CT molecular complexity index is 976. The highest BCUT2D eigenvalue weighted by Crippen LogP contribution is 2.24. The zero-order valence-corrected chi connectivity index (χ0v) is 17.2. The van der Waals surface area contributed by atoms with Crippen LogP contribution in [-0.4, -0.2) is 9.82 Å². The molecule has 3 aromatic rings. The molecule has 0 saturated carbocycles. The van der Waals surface area contributed by atoms with Crippen molar-refractivity contribution < 1.29 is 4.92 Å². The lowest BCUT2D eigenvalue weighted by molar-refractivity contribution is -0.384. The predicted molar refractivity (Wildman–Crippen MR) is 117 cm³/mol. The summed E-state index contributed by atoms with van der Waals surface area (Å²) in [7, 11) is 0. The molecule has 3 aromatic carbocycles. The zero-order valence-electron chi connectivity index (χ0n) is 15.7. The third-order valence-corrected chi connectivity index (χ3v) is 5.35. The topological polar surface area (TPSA) is 72.4 Å². The van der Waals surface area contributed by atoms with Gasteiger partial charge in [-0.2, -0.15) is 0 Å². The fraction of sp³-hybridized carbons (Fsp3) is 0.182. The number of non-ortho nitro benzene ring substituents is 1. The maximum Gasteiger partial charge on any atom is 0.269 e. The third-order valence-electron chi connectivity index (χ3n) is 4.61. The average molecular weight is 430 g/mol. The van der Waals surface area contributed by atoms with Gasteiger partial charge >= 0.3 is 0 Å². The molecule has 0 aliphatic heterocycles. The summed E-state index contributed by atoms with van der Waals surface area (Å²) in [5.41, 5.74) is 10.0. The molecule has 3 rings (SSSR count). The predicted octanol–water partition coefficient (Wildman–Crippen LogP) is 5.56. The van der Waals surface area contributed by atoms with Crippen LogP contribution in [0.4, 0.5) is 5.69 Å². The Labute approximate surface area is 179 Å². The van der Waals surface area contributed by atoms with E-state index in [1.165, 1.54) is 12.1 Å². The molecule has 0 spiro atoms. The summed E-state index contributed by atoms with van der Waals surface area (Å²) in [6, 6.07) is 20.4. The number of benzene rings is 3. The number of halogens is 2. The molecule has 5 nitrogen and oxygen atoms in total. The summed E-state index contributed by atoms with van der Waals surface area (Å²) >= 11 is 12.2. The van der Waals surface area contributed by atoms with Gasteiger partial charge in [-0.15, -0.1) is 0 Å². The van der Waals surface area contributed by atoms with Crippen molar-refractivity contribution in [3.8, 4) is 0 Å². The Morgan fingerprint density at radius 1 is 0.759 bits per heavy atom. The van der Waals surface area contributed by atoms with Crippen LogP contribution in [0, 0.1) is 10.1 Å². The van der Waals surface area contributed by atoms with E-state index in [0.717, 1.165) is 22.3 Å². The van der Waals surface area contributed by atoms with E-state index in [9.17, 15) is 10.1 Å². The molecule has 0 radical (unpaired) electrons. The summed E-state index contributed by atoms with van der Waals surface area (Å²) in [5, 5.41) is 11.9. The molecular weight excluding hydrogens is 409 g/mol. The molecule has 0 amide bonds. The van der Waals surface area contributed by atoms with E-state index in [1.807, 2.05) is 24.3 Å². The van der Waals surface area contributed by atoms with Gasteiger partial charge in [0, 0.05) is 38.3 Å². The maximum absolute atomic E-state index is 10.9. The second kappa shape index (κ2) is 9.85. The standard InChI is InChI=1S/C22H21Cl2N3O2/c23-21-10-7-19(11-22(21)24)15-26(13-17-3-1-16(12-25)2-4-17)14-18-5-8-20(9-6-18)27(28)29/h1-11H,12-15,25H2. The van der Waals surface area contributed by atoms with Crippen molar-refractivity contribution >= 4 is 28.9 Å². The lowest BCUT2D eigenvalue weighted by atomic mass is 10.1. The highest BCUT2D eigenvalue weighted by atomic mass is 35.5. The molecule has 150 valence electrons. The van der Waals surface area contributed by atoms with Gasteiger partial charge < -0.3 is 5.73 Å². The lowest BCUT2D eigenvalue weighted by Gasteiger charge is -2.23. The summed E-state index contributed by atoms with van der Waals surface area (Å²) in [6.07, 6.45) is 0. The molecule has 0 aromatic heterocycles. The first-order valence-electron chi connectivity index (χ1n) is 9.12. The second-order valence-corrected chi connectivity index (χ2v) is 7.65. The van der Waals surface area contributed by atoms with E-state index >= 15 is 0 Å². The molecule has 2 N–H and O–H groups in total. The van der Waals surface area contributed by atoms with Crippen LogP contribution in [0.1, 0.15) is 22.3 Å². The molecule has 0 aliphatic rings. The van der Waals surface area contributed by atoms with Crippen molar-refractivity contribution in [2.24, 2.45) is 5.73 Å². The Kier molecular flexibility index (Phi) is 7.23. The molecule has 0 heterocycles. The van der Waals surface area contributed by atoms with Gasteiger partial charge in [-0.05, 0) is 34.4 Å². The van der Waals surface area contributed by atoms with Gasteiger partial charge in [0.15, 0.2) is 0 Å². The minimum absolute atomic E-state index is 0.0853. The zero-order chi connectivity index (χ0) is 20.8. The van der Waals surface area contributed by atoms with E-state index in [2.05, 4.69) is 17.0 Å². The lowest BCUT2D eigenvalue weighted by Crippen LogP contribution is -2.22. The molecular formula is C22H21Cl2N3O2. The number of nitrogens with zero attached hydrogens (tertiary/aromatic N) is 2.